The summed E-state index contributed by atoms with van der Waals surface area (Å²) in [6.45, 7) is 3.09. The molecule has 0 aliphatic carbocycles. The Hall–Kier alpha value is -0.790. The van der Waals surface area contributed by atoms with Gasteiger partial charge in [-0.2, -0.15) is 13.2 Å². The largest absolute Gasteiger partial charge is 0.416 e. The molecule has 0 bridgehead atoms. The monoisotopic (exact) mass is 343 g/mol. The van der Waals surface area contributed by atoms with E-state index in [-0.39, 0.29) is 22.9 Å². The topological polar surface area (TPSA) is 46.2 Å². The van der Waals surface area contributed by atoms with E-state index in [1.54, 1.807) is 0 Å². The fourth-order valence-corrected chi connectivity index (χ4v) is 3.63. The quantitative estimate of drug-likeness (QED) is 0.803. The van der Waals surface area contributed by atoms with Crippen LogP contribution in [0.2, 0.25) is 0 Å². The Morgan fingerprint density at radius 1 is 1.33 bits per heavy atom. The van der Waals surface area contributed by atoms with Gasteiger partial charge >= 0.3 is 6.18 Å². The first-order valence-electron chi connectivity index (χ1n) is 6.32. The van der Waals surface area contributed by atoms with E-state index in [4.69, 9.17) is 11.6 Å². The van der Waals surface area contributed by atoms with Crippen LogP contribution in [0.1, 0.15) is 24.5 Å². The molecule has 1 aromatic rings. The molecular formula is C13H17ClF3NO2S. The molecule has 0 fully saturated rings. The van der Waals surface area contributed by atoms with Crippen molar-refractivity contribution < 1.29 is 21.6 Å². The first-order valence-corrected chi connectivity index (χ1v) is 8.33. The van der Waals surface area contributed by atoms with Crippen molar-refractivity contribution in [2.45, 2.75) is 31.3 Å². The van der Waals surface area contributed by atoms with Gasteiger partial charge in [-0.05, 0) is 37.0 Å². The predicted molar refractivity (Wildman–Crippen MR) is 75.9 cm³/mol. The molecule has 8 heteroatoms. The predicted octanol–water partition coefficient (Wildman–Crippen LogP) is 3.56. The Labute approximate surface area is 127 Å². The van der Waals surface area contributed by atoms with Gasteiger partial charge in [-0.15, -0.1) is 11.6 Å². The molecule has 0 saturated heterocycles. The average molecular weight is 344 g/mol. The zero-order chi connectivity index (χ0) is 16.3. The van der Waals surface area contributed by atoms with Gasteiger partial charge in [0.25, 0.3) is 0 Å². The van der Waals surface area contributed by atoms with Crippen LogP contribution in [-0.2, 0) is 16.2 Å². The summed E-state index contributed by atoms with van der Waals surface area (Å²) in [6, 6.07) is 3.12. The zero-order valence-corrected chi connectivity index (χ0v) is 13.2. The number of alkyl halides is 4. The van der Waals surface area contributed by atoms with E-state index in [0.29, 0.717) is 12.3 Å². The Morgan fingerprint density at radius 3 is 2.48 bits per heavy atom. The summed E-state index contributed by atoms with van der Waals surface area (Å²) in [6.07, 6.45) is -3.97. The molecule has 1 rings (SSSR count). The minimum absolute atomic E-state index is 0.00313. The molecule has 3 nitrogen and oxygen atoms in total. The van der Waals surface area contributed by atoms with Crippen molar-refractivity contribution in [1.29, 1.82) is 0 Å². The molecule has 120 valence electrons. The number of hydrogen-bond acceptors (Lipinski definition) is 2. The van der Waals surface area contributed by atoms with Crippen LogP contribution in [0.4, 0.5) is 13.2 Å². The van der Waals surface area contributed by atoms with Gasteiger partial charge in [-0.25, -0.2) is 13.1 Å². The SMILES string of the molecule is Cc1c(C(F)(F)F)cccc1S(=O)(=O)NCC(C)CCCl. The normalized spacial score (nSPS) is 14.2. The van der Waals surface area contributed by atoms with Crippen molar-refractivity contribution in [1.82, 2.24) is 4.72 Å². The minimum Gasteiger partial charge on any atom is -0.211 e. The van der Waals surface area contributed by atoms with Gasteiger partial charge in [0.15, 0.2) is 0 Å². The smallest absolute Gasteiger partial charge is 0.211 e. The van der Waals surface area contributed by atoms with Crippen LogP contribution in [0.15, 0.2) is 23.1 Å². The van der Waals surface area contributed by atoms with Gasteiger partial charge in [0.2, 0.25) is 10.0 Å². The Balaban J connectivity index is 3.05. The molecule has 0 spiro atoms. The third-order valence-corrected chi connectivity index (χ3v) is 4.89. The summed E-state index contributed by atoms with van der Waals surface area (Å²) in [5.74, 6) is 0.397. The highest BCUT2D eigenvalue weighted by Gasteiger charge is 2.34. The van der Waals surface area contributed by atoms with Gasteiger partial charge < -0.3 is 0 Å². The number of hydrogen-bond donors (Lipinski definition) is 1. The van der Waals surface area contributed by atoms with Gasteiger partial charge in [-0.1, -0.05) is 13.0 Å². The second kappa shape index (κ2) is 6.98. The highest BCUT2D eigenvalue weighted by Crippen LogP contribution is 2.34. The number of sulfonamides is 1. The molecule has 1 atom stereocenters. The van der Waals surface area contributed by atoms with Crippen molar-refractivity contribution in [3.05, 3.63) is 29.3 Å². The molecule has 0 aliphatic heterocycles. The summed E-state index contributed by atoms with van der Waals surface area (Å²) in [7, 11) is -3.98. The summed E-state index contributed by atoms with van der Waals surface area (Å²) in [4.78, 5) is -0.351. The molecule has 0 heterocycles. The van der Waals surface area contributed by atoms with Crippen molar-refractivity contribution in [3.8, 4) is 0 Å². The van der Waals surface area contributed by atoms with Crippen molar-refractivity contribution in [2.24, 2.45) is 5.92 Å². The lowest BCUT2D eigenvalue weighted by molar-refractivity contribution is -0.138. The van der Waals surface area contributed by atoms with Gasteiger partial charge in [0.05, 0.1) is 10.5 Å². The average Bonchev–Trinajstić information content (AvgIpc) is 2.35. The number of halogens is 4. The van der Waals surface area contributed by atoms with Crippen LogP contribution in [0.5, 0.6) is 0 Å². The van der Waals surface area contributed by atoms with E-state index < -0.39 is 21.8 Å². The molecule has 1 unspecified atom stereocenters. The summed E-state index contributed by atoms with van der Waals surface area (Å²) < 4.78 is 65.0. The second-order valence-electron chi connectivity index (χ2n) is 4.86. The maximum absolute atomic E-state index is 12.8. The van der Waals surface area contributed by atoms with Crippen LogP contribution in [0.3, 0.4) is 0 Å². The van der Waals surface area contributed by atoms with E-state index in [0.717, 1.165) is 19.1 Å². The fraction of sp³-hybridized carbons (Fsp3) is 0.538. The Kier molecular flexibility index (Phi) is 6.07. The second-order valence-corrected chi connectivity index (χ2v) is 6.97. The summed E-state index contributed by atoms with van der Waals surface area (Å²) in [5, 5.41) is 0. The number of nitrogens with one attached hydrogen (secondary N) is 1. The first kappa shape index (κ1) is 18.3. The maximum atomic E-state index is 12.8. The molecule has 0 radical (unpaired) electrons. The van der Waals surface area contributed by atoms with E-state index >= 15 is 0 Å². The molecular weight excluding hydrogens is 327 g/mol. The fourth-order valence-electron chi connectivity index (χ4n) is 1.83. The molecule has 21 heavy (non-hydrogen) atoms. The van der Waals surface area contributed by atoms with Gasteiger partial charge in [-0.3, -0.25) is 0 Å². The Morgan fingerprint density at radius 2 is 1.95 bits per heavy atom. The van der Waals surface area contributed by atoms with E-state index in [9.17, 15) is 21.6 Å². The minimum atomic E-state index is -4.58. The van der Waals surface area contributed by atoms with Crippen LogP contribution in [-0.4, -0.2) is 20.8 Å². The molecule has 0 aliphatic rings. The van der Waals surface area contributed by atoms with Crippen LogP contribution in [0, 0.1) is 12.8 Å². The summed E-state index contributed by atoms with van der Waals surface area (Å²) >= 11 is 5.56. The highest BCUT2D eigenvalue weighted by atomic mass is 35.5. The number of benzene rings is 1. The van der Waals surface area contributed by atoms with Crippen LogP contribution in [0.25, 0.3) is 0 Å². The standard InChI is InChI=1S/C13H17ClF3NO2S/c1-9(6-7-14)8-18-21(19,20)12-5-3-4-11(10(12)2)13(15,16)17/h3-5,9,18H,6-8H2,1-2H3. The van der Waals surface area contributed by atoms with Crippen LogP contribution < -0.4 is 4.72 Å². The summed E-state index contributed by atoms with van der Waals surface area (Å²) in [5.41, 5.74) is -1.25. The van der Waals surface area contributed by atoms with Gasteiger partial charge in [0, 0.05) is 12.4 Å². The molecule has 0 aromatic heterocycles. The first-order chi connectivity index (χ1) is 9.59. The third-order valence-electron chi connectivity index (χ3n) is 3.10. The van der Waals surface area contributed by atoms with E-state index in [1.807, 2.05) is 6.92 Å². The van der Waals surface area contributed by atoms with Crippen molar-refractivity contribution in [3.63, 3.8) is 0 Å². The zero-order valence-electron chi connectivity index (χ0n) is 11.7. The van der Waals surface area contributed by atoms with E-state index in [1.165, 1.54) is 6.07 Å². The highest BCUT2D eigenvalue weighted by molar-refractivity contribution is 7.89. The number of rotatable bonds is 6. The van der Waals surface area contributed by atoms with Crippen molar-refractivity contribution in [2.75, 3.05) is 12.4 Å². The molecule has 0 amide bonds. The lowest BCUT2D eigenvalue weighted by Gasteiger charge is -2.16. The maximum Gasteiger partial charge on any atom is 0.416 e. The molecule has 1 N–H and O–H groups in total. The molecule has 0 saturated carbocycles. The van der Waals surface area contributed by atoms with Gasteiger partial charge in [0.1, 0.15) is 0 Å². The van der Waals surface area contributed by atoms with E-state index in [2.05, 4.69) is 4.72 Å². The van der Waals surface area contributed by atoms with Crippen LogP contribution >= 0.6 is 11.6 Å². The lowest BCUT2D eigenvalue weighted by Crippen LogP contribution is -2.29. The third kappa shape index (κ3) is 4.86. The molecule has 1 aromatic carbocycles. The Bertz CT molecular complexity index is 588. The van der Waals surface area contributed by atoms with Crippen molar-refractivity contribution >= 4 is 21.6 Å². The lowest BCUT2D eigenvalue weighted by atomic mass is 10.1.